The maximum Gasteiger partial charge on any atom is 0.250 e. The van der Waals surface area contributed by atoms with Crippen LogP contribution < -0.4 is 10.3 Å². The molecule has 0 amide bonds. The van der Waals surface area contributed by atoms with Crippen LogP contribution in [-0.4, -0.2) is 18.7 Å². The highest BCUT2D eigenvalue weighted by Gasteiger charge is 2.37. The van der Waals surface area contributed by atoms with Crippen molar-refractivity contribution in [3.8, 4) is 11.1 Å². The van der Waals surface area contributed by atoms with Crippen LogP contribution in [0.1, 0.15) is 54.1 Å². The molecule has 2 aromatic carbocycles. The van der Waals surface area contributed by atoms with Gasteiger partial charge in [0.2, 0.25) is 10.9 Å². The molecule has 2 heterocycles. The van der Waals surface area contributed by atoms with E-state index in [0.29, 0.717) is 22.2 Å². The van der Waals surface area contributed by atoms with Crippen LogP contribution in [0.4, 0.5) is 4.39 Å². The summed E-state index contributed by atoms with van der Waals surface area (Å²) in [7, 11) is -1.12. The lowest BCUT2D eigenvalue weighted by atomic mass is 9.89. The molecule has 0 radical (unpaired) electrons. The number of nitrogens with zero attached hydrogens (tertiary/aromatic N) is 2. The highest BCUT2D eigenvalue weighted by molar-refractivity contribution is 7.70. The van der Waals surface area contributed by atoms with E-state index >= 15 is 0 Å². The standard InChI is InChI=1S/C25H23ClFN3O3S/c1-13(29-34(32)33)17-9-18-19(10-22(17)26)24(15-5-7-16(27)8-6-15)28-25(14-3-4-14)20-11-23(31)30(2)12-21(18)20/h5-14,25,34H,3-4H2,1-2H3,(H,29,32,33). The van der Waals surface area contributed by atoms with E-state index in [1.54, 1.807) is 44.4 Å². The van der Waals surface area contributed by atoms with Gasteiger partial charge in [0, 0.05) is 47.1 Å². The van der Waals surface area contributed by atoms with Gasteiger partial charge in [-0.3, -0.25) is 9.79 Å². The van der Waals surface area contributed by atoms with E-state index in [0.717, 1.165) is 40.7 Å². The molecule has 2 atom stereocenters. The van der Waals surface area contributed by atoms with Crippen molar-refractivity contribution in [1.29, 1.82) is 0 Å². The number of halogens is 2. The predicted molar refractivity (Wildman–Crippen MR) is 131 cm³/mol. The minimum Gasteiger partial charge on any atom is -0.318 e. The van der Waals surface area contributed by atoms with Gasteiger partial charge >= 0.3 is 0 Å². The van der Waals surface area contributed by atoms with Gasteiger partial charge in [0.1, 0.15) is 5.82 Å². The molecule has 1 fully saturated rings. The van der Waals surface area contributed by atoms with Gasteiger partial charge in [-0.1, -0.05) is 11.6 Å². The monoisotopic (exact) mass is 499 g/mol. The molecular weight excluding hydrogens is 477 g/mol. The average molecular weight is 500 g/mol. The maximum atomic E-state index is 13.7. The molecule has 0 bridgehead atoms. The van der Waals surface area contributed by atoms with Crippen LogP contribution in [0.2, 0.25) is 5.02 Å². The highest BCUT2D eigenvalue weighted by atomic mass is 35.5. The molecular formula is C25H23ClFN3O3S. The van der Waals surface area contributed by atoms with E-state index in [9.17, 15) is 17.6 Å². The van der Waals surface area contributed by atoms with Gasteiger partial charge in [-0.25, -0.2) is 17.5 Å². The fourth-order valence-electron chi connectivity index (χ4n) is 4.57. The molecule has 1 aromatic heterocycles. The Morgan fingerprint density at radius 3 is 2.47 bits per heavy atom. The second kappa shape index (κ2) is 8.76. The van der Waals surface area contributed by atoms with E-state index < -0.39 is 16.9 Å². The first-order chi connectivity index (χ1) is 16.2. The Kier molecular flexibility index (Phi) is 5.91. The molecule has 6 nitrogen and oxygen atoms in total. The average Bonchev–Trinajstić information content (AvgIpc) is 3.62. The molecule has 176 valence electrons. The second-order valence-corrected chi connectivity index (χ2v) is 10.1. The van der Waals surface area contributed by atoms with E-state index in [2.05, 4.69) is 4.72 Å². The molecule has 2 unspecified atom stereocenters. The number of benzene rings is 2. The van der Waals surface area contributed by atoms with Crippen molar-refractivity contribution in [2.45, 2.75) is 31.8 Å². The molecule has 1 aliphatic heterocycles. The van der Waals surface area contributed by atoms with Crippen LogP contribution in [0.25, 0.3) is 11.1 Å². The van der Waals surface area contributed by atoms with Crippen LogP contribution in [0, 0.1) is 11.7 Å². The van der Waals surface area contributed by atoms with E-state index in [4.69, 9.17) is 16.6 Å². The zero-order valence-electron chi connectivity index (χ0n) is 18.6. The van der Waals surface area contributed by atoms with E-state index in [-0.39, 0.29) is 17.4 Å². The first-order valence-corrected chi connectivity index (χ1v) is 12.6. The largest absolute Gasteiger partial charge is 0.318 e. The summed E-state index contributed by atoms with van der Waals surface area (Å²) in [4.78, 5) is 17.7. The lowest BCUT2D eigenvalue weighted by Crippen LogP contribution is -2.18. The number of hydrogen-bond donors (Lipinski definition) is 2. The van der Waals surface area contributed by atoms with Crippen molar-refractivity contribution in [1.82, 2.24) is 9.29 Å². The number of pyridine rings is 1. The summed E-state index contributed by atoms with van der Waals surface area (Å²) in [5.41, 5.74) is 5.14. The number of thiol groups is 1. The maximum absolute atomic E-state index is 13.7. The van der Waals surface area contributed by atoms with Crippen LogP contribution >= 0.6 is 11.6 Å². The smallest absolute Gasteiger partial charge is 0.250 e. The summed E-state index contributed by atoms with van der Waals surface area (Å²) in [6, 6.07) is 10.7. The molecule has 5 rings (SSSR count). The third kappa shape index (κ3) is 4.21. The number of rotatable bonds is 5. The third-order valence-corrected chi connectivity index (χ3v) is 7.41. The van der Waals surface area contributed by atoms with Crippen LogP contribution in [-0.2, 0) is 17.9 Å². The minimum absolute atomic E-state index is 0.126. The lowest BCUT2D eigenvalue weighted by molar-refractivity contribution is 0.587. The summed E-state index contributed by atoms with van der Waals surface area (Å²) in [6.45, 7) is 1.72. The summed E-state index contributed by atoms with van der Waals surface area (Å²) >= 11 is 6.66. The number of hydrogen-bond acceptors (Lipinski definition) is 4. The fraction of sp³-hybridized carbons (Fsp3) is 0.280. The summed E-state index contributed by atoms with van der Waals surface area (Å²) in [5.74, 6) is -0.0288. The molecule has 0 spiro atoms. The molecule has 1 aliphatic carbocycles. The van der Waals surface area contributed by atoms with Crippen molar-refractivity contribution < 1.29 is 12.8 Å². The number of fused-ring (bicyclic) bond motifs is 3. The molecule has 1 saturated carbocycles. The predicted octanol–water partition coefficient (Wildman–Crippen LogP) is 4.32. The van der Waals surface area contributed by atoms with Crippen LogP contribution in [0.3, 0.4) is 0 Å². The Morgan fingerprint density at radius 2 is 1.82 bits per heavy atom. The van der Waals surface area contributed by atoms with Gasteiger partial charge in [0.25, 0.3) is 5.56 Å². The molecule has 34 heavy (non-hydrogen) atoms. The van der Waals surface area contributed by atoms with Gasteiger partial charge in [0.15, 0.2) is 0 Å². The first-order valence-electron chi connectivity index (χ1n) is 11.0. The first kappa shape index (κ1) is 23.0. The SMILES string of the molecule is CC(N[SH](=O)=O)c1cc2c(cc1Cl)C(c1ccc(F)cc1)=NC(C1CC1)c1cc(=O)n(C)cc1-2. The normalized spacial score (nSPS) is 18.1. The summed E-state index contributed by atoms with van der Waals surface area (Å²) in [6.07, 6.45) is 3.83. The van der Waals surface area contributed by atoms with Crippen LogP contribution in [0.5, 0.6) is 0 Å². The van der Waals surface area contributed by atoms with Crippen molar-refractivity contribution >= 4 is 28.2 Å². The van der Waals surface area contributed by atoms with Gasteiger partial charge < -0.3 is 4.57 Å². The van der Waals surface area contributed by atoms with Crippen molar-refractivity contribution in [2.75, 3.05) is 0 Å². The molecule has 2 aliphatic rings. The Bertz CT molecular complexity index is 1450. The quantitative estimate of drug-likeness (QED) is 0.513. The Labute approximate surface area is 203 Å². The van der Waals surface area contributed by atoms with Crippen molar-refractivity contribution in [3.05, 3.63) is 92.1 Å². The zero-order valence-corrected chi connectivity index (χ0v) is 20.2. The summed E-state index contributed by atoms with van der Waals surface area (Å²) in [5, 5.41) is 0.390. The Hall–Kier alpha value is -2.81. The number of aliphatic imine (C=N–C) groups is 1. The lowest BCUT2D eigenvalue weighted by Gasteiger charge is -2.19. The van der Waals surface area contributed by atoms with Gasteiger partial charge in [-0.2, -0.15) is 0 Å². The number of nitrogens with one attached hydrogen (secondary N) is 1. The third-order valence-electron chi connectivity index (χ3n) is 6.48. The molecule has 0 saturated heterocycles. The Balaban J connectivity index is 1.82. The second-order valence-electron chi connectivity index (χ2n) is 8.89. The molecule has 9 heteroatoms. The minimum atomic E-state index is -2.82. The number of aryl methyl sites for hydroxylation is 1. The van der Waals surface area contributed by atoms with E-state index in [1.165, 1.54) is 16.7 Å². The van der Waals surface area contributed by atoms with Gasteiger partial charge in [0.05, 0.1) is 11.8 Å². The zero-order chi connectivity index (χ0) is 24.1. The number of aromatic nitrogens is 1. The van der Waals surface area contributed by atoms with Gasteiger partial charge in [-0.05, 0) is 78.8 Å². The highest BCUT2D eigenvalue weighted by Crippen LogP contribution is 2.49. The van der Waals surface area contributed by atoms with Crippen molar-refractivity contribution in [3.63, 3.8) is 0 Å². The van der Waals surface area contributed by atoms with Gasteiger partial charge in [-0.15, -0.1) is 0 Å². The van der Waals surface area contributed by atoms with Crippen molar-refractivity contribution in [2.24, 2.45) is 18.0 Å². The Morgan fingerprint density at radius 1 is 1.12 bits per heavy atom. The molecule has 3 aromatic rings. The van der Waals surface area contributed by atoms with E-state index in [1.807, 2.05) is 6.07 Å². The molecule has 1 N–H and O–H groups in total. The summed E-state index contributed by atoms with van der Waals surface area (Å²) < 4.78 is 40.3. The fourth-order valence-corrected chi connectivity index (χ4v) is 5.35. The van der Waals surface area contributed by atoms with Crippen LogP contribution in [0.15, 0.2) is 58.4 Å². The topological polar surface area (TPSA) is 80.5 Å².